The van der Waals surface area contributed by atoms with E-state index in [0.717, 1.165) is 31.7 Å². The molecule has 0 spiro atoms. The van der Waals surface area contributed by atoms with Crippen LogP contribution in [-0.4, -0.2) is 37.1 Å². The Labute approximate surface area is 117 Å². The quantitative estimate of drug-likeness (QED) is 0.918. The molecule has 2 saturated heterocycles. The molecule has 0 radical (unpaired) electrons. The number of nitrogens with zero attached hydrogens (tertiary/aromatic N) is 1. The fourth-order valence-electron chi connectivity index (χ4n) is 2.73. The molecule has 2 heterocycles. The molecule has 0 aliphatic carbocycles. The second-order valence-electron chi connectivity index (χ2n) is 5.11. The van der Waals surface area contributed by atoms with Gasteiger partial charge in [-0.3, -0.25) is 10.1 Å². The summed E-state index contributed by atoms with van der Waals surface area (Å²) in [6.07, 6.45) is 0.971. The molecule has 2 unspecified atom stereocenters. The number of rotatable bonds is 3. The minimum absolute atomic E-state index is 0.0631. The Hall–Kier alpha value is -1.10. The van der Waals surface area contributed by atoms with E-state index in [1.54, 1.807) is 0 Å². The van der Waals surface area contributed by atoms with E-state index in [1.807, 2.05) is 29.2 Å². The molecule has 1 aromatic carbocycles. The molecule has 0 aromatic heterocycles. The molecule has 19 heavy (non-hydrogen) atoms. The van der Waals surface area contributed by atoms with Crippen molar-refractivity contribution in [2.45, 2.75) is 12.6 Å². The molecule has 0 bridgehead atoms. The molecule has 2 atom stereocenters. The van der Waals surface area contributed by atoms with Crippen molar-refractivity contribution in [2.75, 3.05) is 26.3 Å². The van der Waals surface area contributed by atoms with Gasteiger partial charge in [0.25, 0.3) is 0 Å². The van der Waals surface area contributed by atoms with Crippen molar-refractivity contribution < 1.29 is 9.53 Å². The first-order valence-corrected chi connectivity index (χ1v) is 6.98. The lowest BCUT2D eigenvalue weighted by Gasteiger charge is -2.27. The third-order valence-electron chi connectivity index (χ3n) is 3.72. The lowest BCUT2D eigenvalue weighted by Crippen LogP contribution is -2.35. The maximum absolute atomic E-state index is 12.0. The number of nitrogens with one attached hydrogen (secondary N) is 1. The summed E-state index contributed by atoms with van der Waals surface area (Å²) >= 11 is 6.03. The zero-order valence-corrected chi connectivity index (χ0v) is 11.4. The van der Waals surface area contributed by atoms with Crippen LogP contribution in [0.25, 0.3) is 0 Å². The fraction of sp³-hybridized carbons (Fsp3) is 0.500. The van der Waals surface area contributed by atoms with Crippen LogP contribution >= 0.6 is 11.6 Å². The van der Waals surface area contributed by atoms with E-state index in [0.29, 0.717) is 17.5 Å². The molecular formula is C14H17ClN2O2. The van der Waals surface area contributed by atoms with Gasteiger partial charge in [0.05, 0.1) is 13.2 Å². The molecular weight excluding hydrogens is 264 g/mol. The van der Waals surface area contributed by atoms with E-state index >= 15 is 0 Å². The molecule has 0 saturated carbocycles. The van der Waals surface area contributed by atoms with Gasteiger partial charge >= 0.3 is 0 Å². The Kier molecular flexibility index (Phi) is 3.73. The number of amides is 1. The first kappa shape index (κ1) is 12.9. The Morgan fingerprint density at radius 2 is 2.37 bits per heavy atom. The summed E-state index contributed by atoms with van der Waals surface area (Å²) in [5.74, 6) is 0.599. The average molecular weight is 281 g/mol. The molecule has 1 N–H and O–H groups in total. The van der Waals surface area contributed by atoms with Crippen LogP contribution in [0, 0.1) is 5.92 Å². The third-order valence-corrected chi connectivity index (χ3v) is 3.96. The Morgan fingerprint density at radius 1 is 1.47 bits per heavy atom. The smallest absolute Gasteiger partial charge is 0.238 e. The molecule has 1 aromatic rings. The van der Waals surface area contributed by atoms with Gasteiger partial charge in [0.15, 0.2) is 0 Å². The van der Waals surface area contributed by atoms with E-state index < -0.39 is 0 Å². The molecule has 4 nitrogen and oxygen atoms in total. The number of benzene rings is 1. The van der Waals surface area contributed by atoms with Gasteiger partial charge in [0.2, 0.25) is 5.91 Å². The van der Waals surface area contributed by atoms with E-state index in [-0.39, 0.29) is 12.1 Å². The van der Waals surface area contributed by atoms with E-state index in [4.69, 9.17) is 16.3 Å². The zero-order chi connectivity index (χ0) is 13.2. The van der Waals surface area contributed by atoms with Crippen LogP contribution in [-0.2, 0) is 9.53 Å². The highest BCUT2D eigenvalue weighted by molar-refractivity contribution is 6.30. The number of halogens is 1. The summed E-state index contributed by atoms with van der Waals surface area (Å²) in [4.78, 5) is 13.9. The van der Waals surface area contributed by atoms with Crippen LogP contribution in [0.2, 0.25) is 5.02 Å². The SMILES string of the molecule is O=C1CNC(c2cccc(Cl)c2)N1CC1CCOC1. The lowest BCUT2D eigenvalue weighted by atomic mass is 10.1. The monoisotopic (exact) mass is 280 g/mol. The van der Waals surface area contributed by atoms with Gasteiger partial charge < -0.3 is 9.64 Å². The highest BCUT2D eigenvalue weighted by atomic mass is 35.5. The molecule has 102 valence electrons. The zero-order valence-electron chi connectivity index (χ0n) is 10.6. The molecule has 3 rings (SSSR count). The number of carbonyl (C=O) groups excluding carboxylic acids is 1. The van der Waals surface area contributed by atoms with Gasteiger partial charge in [-0.25, -0.2) is 0 Å². The van der Waals surface area contributed by atoms with E-state index in [2.05, 4.69) is 5.32 Å². The number of hydrogen-bond donors (Lipinski definition) is 1. The summed E-state index contributed by atoms with van der Waals surface area (Å²) in [5.41, 5.74) is 1.04. The Morgan fingerprint density at radius 3 is 3.11 bits per heavy atom. The standard InChI is InChI=1S/C14H17ClN2O2/c15-12-3-1-2-11(6-12)14-16-7-13(18)17(14)8-10-4-5-19-9-10/h1-3,6,10,14,16H,4-5,7-9H2. The highest BCUT2D eigenvalue weighted by Crippen LogP contribution is 2.27. The molecule has 5 heteroatoms. The van der Waals surface area contributed by atoms with Gasteiger partial charge in [0.1, 0.15) is 6.17 Å². The number of carbonyl (C=O) groups is 1. The first-order valence-electron chi connectivity index (χ1n) is 6.60. The second-order valence-corrected chi connectivity index (χ2v) is 5.55. The van der Waals surface area contributed by atoms with E-state index in [1.165, 1.54) is 0 Å². The van der Waals surface area contributed by atoms with Crippen molar-refractivity contribution in [1.82, 2.24) is 10.2 Å². The van der Waals surface area contributed by atoms with Crippen LogP contribution < -0.4 is 5.32 Å². The maximum atomic E-state index is 12.0. The summed E-state index contributed by atoms with van der Waals surface area (Å²) in [5, 5.41) is 3.95. The van der Waals surface area contributed by atoms with Gasteiger partial charge in [-0.15, -0.1) is 0 Å². The van der Waals surface area contributed by atoms with Crippen molar-refractivity contribution >= 4 is 17.5 Å². The van der Waals surface area contributed by atoms with Crippen molar-refractivity contribution in [3.05, 3.63) is 34.9 Å². The minimum Gasteiger partial charge on any atom is -0.381 e. The number of hydrogen-bond acceptors (Lipinski definition) is 3. The third kappa shape index (κ3) is 2.76. The van der Waals surface area contributed by atoms with Gasteiger partial charge in [-0.05, 0) is 24.1 Å². The number of ether oxygens (including phenoxy) is 1. The largest absolute Gasteiger partial charge is 0.381 e. The van der Waals surface area contributed by atoms with Crippen LogP contribution in [0.1, 0.15) is 18.2 Å². The van der Waals surface area contributed by atoms with Crippen molar-refractivity contribution in [3.8, 4) is 0 Å². The fourth-order valence-corrected chi connectivity index (χ4v) is 2.93. The van der Waals surface area contributed by atoms with Crippen molar-refractivity contribution in [2.24, 2.45) is 5.92 Å². The molecule has 2 aliphatic heterocycles. The Balaban J connectivity index is 1.77. The van der Waals surface area contributed by atoms with Gasteiger partial charge in [-0.1, -0.05) is 23.7 Å². The van der Waals surface area contributed by atoms with Gasteiger partial charge in [-0.2, -0.15) is 0 Å². The lowest BCUT2D eigenvalue weighted by molar-refractivity contribution is -0.128. The van der Waals surface area contributed by atoms with Crippen LogP contribution in [0.15, 0.2) is 24.3 Å². The van der Waals surface area contributed by atoms with E-state index in [9.17, 15) is 4.79 Å². The maximum Gasteiger partial charge on any atom is 0.238 e. The summed E-state index contributed by atoms with van der Waals surface area (Å²) in [6, 6.07) is 7.67. The average Bonchev–Trinajstić information content (AvgIpc) is 3.01. The normalized spacial score (nSPS) is 27.2. The minimum atomic E-state index is -0.0631. The van der Waals surface area contributed by atoms with Crippen molar-refractivity contribution in [1.29, 1.82) is 0 Å². The second kappa shape index (κ2) is 5.49. The topological polar surface area (TPSA) is 41.6 Å². The van der Waals surface area contributed by atoms with Crippen LogP contribution in [0.4, 0.5) is 0 Å². The van der Waals surface area contributed by atoms with Crippen molar-refractivity contribution in [3.63, 3.8) is 0 Å². The molecule has 2 aliphatic rings. The predicted molar refractivity (Wildman–Crippen MR) is 72.8 cm³/mol. The Bertz CT molecular complexity index is 474. The predicted octanol–water partition coefficient (Wildman–Crippen LogP) is 1.81. The molecule has 1 amide bonds. The summed E-state index contributed by atoms with van der Waals surface area (Å²) < 4.78 is 5.38. The highest BCUT2D eigenvalue weighted by Gasteiger charge is 2.33. The first-order chi connectivity index (χ1) is 9.24. The summed E-state index contributed by atoms with van der Waals surface area (Å²) in [6.45, 7) is 2.71. The molecule has 2 fully saturated rings. The van der Waals surface area contributed by atoms with Crippen LogP contribution in [0.3, 0.4) is 0 Å². The summed E-state index contributed by atoms with van der Waals surface area (Å²) in [7, 11) is 0. The van der Waals surface area contributed by atoms with Gasteiger partial charge in [0, 0.05) is 24.1 Å². The van der Waals surface area contributed by atoms with Crippen LogP contribution in [0.5, 0.6) is 0 Å².